The number of halogens is 3. The highest BCUT2D eigenvalue weighted by atomic mass is 19.1. The van der Waals surface area contributed by atoms with E-state index < -0.39 is 28.8 Å². The summed E-state index contributed by atoms with van der Waals surface area (Å²) in [5, 5.41) is 0. The van der Waals surface area contributed by atoms with Gasteiger partial charge in [0.15, 0.2) is 5.78 Å². The second-order valence-electron chi connectivity index (χ2n) is 4.06. The van der Waals surface area contributed by atoms with Gasteiger partial charge in [-0.2, -0.15) is 0 Å². The number of Topliss-reactive ketones (excluding diaryl/α,β-unsaturated/α-hetero) is 1. The Balaban J connectivity index is 2.59. The number of rotatable bonds is 7. The predicted molar refractivity (Wildman–Crippen MR) is 63.9 cm³/mol. The molecular weight excluding hydrogens is 241 g/mol. The molecule has 1 nitrogen and oxygen atoms in total. The molecule has 0 aliphatic rings. The molecule has 0 fully saturated rings. The maximum Gasteiger partial charge on any atom is 0.168 e. The lowest BCUT2D eigenvalue weighted by atomic mass is 10.0. The van der Waals surface area contributed by atoms with Crippen molar-refractivity contribution in [3.63, 3.8) is 0 Å². The second kappa shape index (κ2) is 6.99. The third kappa shape index (κ3) is 4.02. The van der Waals surface area contributed by atoms with Gasteiger partial charge in [0.25, 0.3) is 0 Å². The first-order valence-electron chi connectivity index (χ1n) is 5.85. The lowest BCUT2D eigenvalue weighted by Crippen LogP contribution is -2.06. The van der Waals surface area contributed by atoms with Crippen molar-refractivity contribution < 1.29 is 18.0 Å². The van der Waals surface area contributed by atoms with Crippen LogP contribution in [0, 0.1) is 17.5 Å². The lowest BCUT2D eigenvalue weighted by molar-refractivity contribution is 0.0971. The molecule has 0 aliphatic carbocycles. The van der Waals surface area contributed by atoms with E-state index in [4.69, 9.17) is 0 Å². The van der Waals surface area contributed by atoms with Crippen LogP contribution in [0.25, 0.3) is 0 Å². The molecule has 0 heterocycles. The third-order valence-corrected chi connectivity index (χ3v) is 2.60. The summed E-state index contributed by atoms with van der Waals surface area (Å²) in [4.78, 5) is 11.6. The molecule has 0 radical (unpaired) electrons. The largest absolute Gasteiger partial charge is 0.294 e. The van der Waals surface area contributed by atoms with Gasteiger partial charge in [0, 0.05) is 18.6 Å². The summed E-state index contributed by atoms with van der Waals surface area (Å²) in [6.45, 7) is 3.57. The predicted octanol–water partition coefficient (Wildman–Crippen LogP) is 4.42. The summed E-state index contributed by atoms with van der Waals surface area (Å²) in [6.07, 6.45) is 4.95. The summed E-state index contributed by atoms with van der Waals surface area (Å²) >= 11 is 0. The molecule has 18 heavy (non-hydrogen) atoms. The fraction of sp³-hybridized carbons (Fsp3) is 0.357. The molecule has 0 bridgehead atoms. The van der Waals surface area contributed by atoms with Crippen LogP contribution in [0.1, 0.15) is 42.5 Å². The van der Waals surface area contributed by atoms with Gasteiger partial charge in [-0.1, -0.05) is 12.5 Å². The molecule has 0 amide bonds. The van der Waals surface area contributed by atoms with E-state index in [1.54, 1.807) is 6.08 Å². The number of hydrogen-bond acceptors (Lipinski definition) is 1. The van der Waals surface area contributed by atoms with E-state index in [9.17, 15) is 18.0 Å². The number of benzene rings is 1. The average Bonchev–Trinajstić information content (AvgIpc) is 2.27. The first-order valence-corrected chi connectivity index (χ1v) is 5.85. The molecule has 1 aromatic rings. The van der Waals surface area contributed by atoms with Crippen molar-refractivity contribution in [3.05, 3.63) is 47.8 Å². The van der Waals surface area contributed by atoms with Crippen molar-refractivity contribution in [1.29, 1.82) is 0 Å². The minimum Gasteiger partial charge on any atom is -0.294 e. The molecule has 98 valence electrons. The Hall–Kier alpha value is -1.58. The number of carbonyl (C=O) groups excluding carboxylic acids is 1. The highest BCUT2D eigenvalue weighted by molar-refractivity contribution is 5.96. The Morgan fingerprint density at radius 2 is 1.72 bits per heavy atom. The normalized spacial score (nSPS) is 10.4. The van der Waals surface area contributed by atoms with Crippen LogP contribution in [-0.2, 0) is 0 Å². The van der Waals surface area contributed by atoms with Crippen LogP contribution < -0.4 is 0 Å². The molecule has 0 aliphatic heterocycles. The molecule has 0 N–H and O–H groups in total. The van der Waals surface area contributed by atoms with Gasteiger partial charge in [0.1, 0.15) is 17.5 Å². The highest BCUT2D eigenvalue weighted by Crippen LogP contribution is 2.18. The third-order valence-electron chi connectivity index (χ3n) is 2.60. The highest BCUT2D eigenvalue weighted by Gasteiger charge is 2.18. The van der Waals surface area contributed by atoms with E-state index in [1.165, 1.54) is 0 Å². The van der Waals surface area contributed by atoms with Gasteiger partial charge in [-0.05, 0) is 19.3 Å². The van der Waals surface area contributed by atoms with Crippen molar-refractivity contribution in [2.24, 2.45) is 0 Å². The van der Waals surface area contributed by atoms with Crippen LogP contribution >= 0.6 is 0 Å². The zero-order valence-corrected chi connectivity index (χ0v) is 10.0. The summed E-state index contributed by atoms with van der Waals surface area (Å²) in [7, 11) is 0. The van der Waals surface area contributed by atoms with Gasteiger partial charge in [0.2, 0.25) is 0 Å². The summed E-state index contributed by atoms with van der Waals surface area (Å²) < 4.78 is 39.2. The molecule has 4 heteroatoms. The monoisotopic (exact) mass is 256 g/mol. The molecule has 0 aromatic heterocycles. The Kier molecular flexibility index (Phi) is 5.62. The minimum atomic E-state index is -1.14. The minimum absolute atomic E-state index is 0.0661. The number of ketones is 1. The van der Waals surface area contributed by atoms with E-state index in [0.29, 0.717) is 18.6 Å². The fourth-order valence-electron chi connectivity index (χ4n) is 1.68. The van der Waals surface area contributed by atoms with Crippen molar-refractivity contribution in [3.8, 4) is 0 Å². The summed E-state index contributed by atoms with van der Waals surface area (Å²) in [6, 6.07) is 1.04. The van der Waals surface area contributed by atoms with Crippen LogP contribution in [0.2, 0.25) is 0 Å². The molecule has 0 saturated heterocycles. The lowest BCUT2D eigenvalue weighted by Gasteiger charge is -2.04. The molecule has 1 rings (SSSR count). The van der Waals surface area contributed by atoms with Gasteiger partial charge in [-0.25, -0.2) is 13.2 Å². The maximum absolute atomic E-state index is 13.3. The second-order valence-corrected chi connectivity index (χ2v) is 4.06. The Labute approximate surface area is 104 Å². The van der Waals surface area contributed by atoms with Gasteiger partial charge < -0.3 is 0 Å². The standard InChI is InChI=1S/C14H15F3O/c1-2-3-4-5-6-7-13(18)14-11(16)8-10(15)9-12(14)17/h2,8-9H,1,3-7H2. The zero-order chi connectivity index (χ0) is 13.5. The van der Waals surface area contributed by atoms with Crippen molar-refractivity contribution in [2.45, 2.75) is 32.1 Å². The molecule has 0 saturated carbocycles. The topological polar surface area (TPSA) is 17.1 Å². The fourth-order valence-corrected chi connectivity index (χ4v) is 1.68. The smallest absolute Gasteiger partial charge is 0.168 e. The molecule has 1 aromatic carbocycles. The quantitative estimate of drug-likeness (QED) is 0.401. The van der Waals surface area contributed by atoms with Crippen LogP contribution in [-0.4, -0.2) is 5.78 Å². The molecule has 0 atom stereocenters. The van der Waals surface area contributed by atoms with Crippen LogP contribution in [0.15, 0.2) is 24.8 Å². The Morgan fingerprint density at radius 1 is 1.11 bits per heavy atom. The van der Waals surface area contributed by atoms with Crippen LogP contribution in [0.3, 0.4) is 0 Å². The SMILES string of the molecule is C=CCCCCCC(=O)c1c(F)cc(F)cc1F. The molecular formula is C14H15F3O. The van der Waals surface area contributed by atoms with E-state index in [0.717, 1.165) is 19.3 Å². The maximum atomic E-state index is 13.3. The van der Waals surface area contributed by atoms with E-state index in [1.807, 2.05) is 0 Å². The molecule has 0 spiro atoms. The van der Waals surface area contributed by atoms with Gasteiger partial charge in [-0.3, -0.25) is 4.79 Å². The van der Waals surface area contributed by atoms with Crippen molar-refractivity contribution in [1.82, 2.24) is 0 Å². The Bertz CT molecular complexity index is 418. The first kappa shape index (κ1) is 14.5. The van der Waals surface area contributed by atoms with E-state index in [-0.39, 0.29) is 6.42 Å². The van der Waals surface area contributed by atoms with Crippen molar-refractivity contribution in [2.75, 3.05) is 0 Å². The van der Waals surface area contributed by atoms with Gasteiger partial charge >= 0.3 is 0 Å². The molecule has 0 unspecified atom stereocenters. The van der Waals surface area contributed by atoms with E-state index in [2.05, 4.69) is 6.58 Å². The van der Waals surface area contributed by atoms with Crippen molar-refractivity contribution >= 4 is 5.78 Å². The average molecular weight is 256 g/mol. The van der Waals surface area contributed by atoms with E-state index >= 15 is 0 Å². The zero-order valence-electron chi connectivity index (χ0n) is 10.0. The summed E-state index contributed by atoms with van der Waals surface area (Å²) in [5.74, 6) is -3.91. The number of carbonyl (C=O) groups is 1. The van der Waals surface area contributed by atoms with Crippen LogP contribution in [0.5, 0.6) is 0 Å². The van der Waals surface area contributed by atoms with Crippen LogP contribution in [0.4, 0.5) is 13.2 Å². The number of hydrogen-bond donors (Lipinski definition) is 0. The summed E-state index contributed by atoms with van der Waals surface area (Å²) in [5.41, 5.74) is -0.639. The Morgan fingerprint density at radius 3 is 2.28 bits per heavy atom. The van der Waals surface area contributed by atoms with Gasteiger partial charge in [0.05, 0.1) is 5.56 Å². The first-order chi connectivity index (χ1) is 8.56. The van der Waals surface area contributed by atoms with Gasteiger partial charge in [-0.15, -0.1) is 6.58 Å². The number of allylic oxidation sites excluding steroid dienone is 1. The number of unbranched alkanes of at least 4 members (excludes halogenated alkanes) is 3.